The smallest absolute Gasteiger partial charge is 0.202 e. The van der Waals surface area contributed by atoms with E-state index in [9.17, 15) is 4.39 Å². The van der Waals surface area contributed by atoms with Gasteiger partial charge in [0.25, 0.3) is 0 Å². The van der Waals surface area contributed by atoms with Crippen LogP contribution in [-0.4, -0.2) is 9.97 Å². The number of nitrogens with zero attached hydrogens (tertiary/aromatic N) is 2. The van der Waals surface area contributed by atoms with Crippen molar-refractivity contribution in [1.82, 2.24) is 9.97 Å². The van der Waals surface area contributed by atoms with Crippen LogP contribution in [0.15, 0.2) is 24.3 Å². The van der Waals surface area contributed by atoms with E-state index in [1.54, 1.807) is 18.2 Å². The van der Waals surface area contributed by atoms with Gasteiger partial charge in [-0.05, 0) is 6.07 Å². The molecule has 0 bridgehead atoms. The molecule has 0 aliphatic rings. The molecular weight excluding hydrogens is 268 g/mol. The number of fused-ring (bicyclic) bond motifs is 1. The second-order valence-corrected chi connectivity index (χ2v) is 2.70. The van der Waals surface area contributed by atoms with Crippen molar-refractivity contribution in [3.63, 3.8) is 0 Å². The maximum Gasteiger partial charge on any atom is 0.202 e. The third kappa shape index (κ3) is 4.76. The summed E-state index contributed by atoms with van der Waals surface area (Å²) in [6.07, 6.45) is 4.58. The Kier molecular flexibility index (Phi) is 7.62. The van der Waals surface area contributed by atoms with Gasteiger partial charge in [-0.2, -0.15) is 30.4 Å². The maximum absolute atomic E-state index is 12.5. The van der Waals surface area contributed by atoms with Crippen LogP contribution in [0, 0.1) is 18.6 Å². The van der Waals surface area contributed by atoms with Crippen LogP contribution in [0.2, 0.25) is 0 Å². The van der Waals surface area contributed by atoms with Gasteiger partial charge in [0.2, 0.25) is 5.95 Å². The van der Waals surface area contributed by atoms with E-state index >= 15 is 0 Å². The molecule has 77 valence electrons. The molecule has 0 aliphatic carbocycles. The summed E-state index contributed by atoms with van der Waals surface area (Å²) in [6.45, 7) is 4.00. The summed E-state index contributed by atoms with van der Waals surface area (Å²) in [6, 6.07) is 6.40. The maximum atomic E-state index is 12.5. The average molecular weight is 279 g/mol. The van der Waals surface area contributed by atoms with Crippen molar-refractivity contribution in [3.8, 4) is 0 Å². The zero-order valence-electron chi connectivity index (χ0n) is 8.74. The fraction of sp³-hybridized carbons (Fsp3) is 0.182. The van der Waals surface area contributed by atoms with Crippen molar-refractivity contribution in [3.05, 3.63) is 42.8 Å². The predicted octanol–water partition coefficient (Wildman–Crippen LogP) is 2.80. The summed E-state index contributed by atoms with van der Waals surface area (Å²) >= 11 is 0. The third-order valence-corrected chi connectivity index (χ3v) is 1.38. The van der Waals surface area contributed by atoms with Crippen molar-refractivity contribution in [2.45, 2.75) is 13.8 Å². The van der Waals surface area contributed by atoms with E-state index in [1.807, 2.05) is 20.3 Å². The molecule has 0 unspecified atom stereocenters. The summed E-state index contributed by atoms with van der Waals surface area (Å²) < 4.78 is 12.5. The quantitative estimate of drug-likeness (QED) is 0.547. The molecule has 4 heteroatoms. The van der Waals surface area contributed by atoms with E-state index in [2.05, 4.69) is 16.2 Å². The Balaban J connectivity index is 0.000000443. The molecular formula is C11H11FN2Y-2. The van der Waals surface area contributed by atoms with Crippen LogP contribution < -0.4 is 0 Å². The topological polar surface area (TPSA) is 25.8 Å². The van der Waals surface area contributed by atoms with Gasteiger partial charge in [0.15, 0.2) is 0 Å². The van der Waals surface area contributed by atoms with Crippen LogP contribution in [0.3, 0.4) is 0 Å². The first kappa shape index (κ1) is 14.6. The second-order valence-electron chi connectivity index (χ2n) is 2.70. The fourth-order valence-electron chi connectivity index (χ4n) is 0.881. The van der Waals surface area contributed by atoms with Gasteiger partial charge in [0, 0.05) is 38.4 Å². The molecule has 2 rings (SSSR count). The summed E-state index contributed by atoms with van der Waals surface area (Å²) in [5.41, 5.74) is 0.396. The van der Waals surface area contributed by atoms with E-state index < -0.39 is 5.95 Å². The zero-order valence-corrected chi connectivity index (χ0v) is 11.6. The molecule has 2 nitrogen and oxygen atoms in total. The van der Waals surface area contributed by atoms with Crippen LogP contribution in [0.4, 0.5) is 4.39 Å². The summed E-state index contributed by atoms with van der Waals surface area (Å²) in [4.78, 5) is 7.33. The predicted molar refractivity (Wildman–Crippen MR) is 54.0 cm³/mol. The Labute approximate surface area is 114 Å². The normalized spacial score (nSPS) is 8.73. The van der Waals surface area contributed by atoms with Crippen LogP contribution in [0.25, 0.3) is 11.0 Å². The molecule has 0 aliphatic heterocycles. The minimum Gasteiger partial charge on any atom is -0.369 e. The Hall–Kier alpha value is -0.406. The molecule has 2 aromatic heterocycles. The van der Waals surface area contributed by atoms with Crippen LogP contribution >= 0.6 is 0 Å². The molecule has 1 radical (unpaired) electrons. The number of halogens is 1. The summed E-state index contributed by atoms with van der Waals surface area (Å²) in [5, 5.41) is 0.824. The van der Waals surface area contributed by atoms with Crippen LogP contribution in [-0.2, 0) is 32.7 Å². The molecule has 2 aromatic rings. The second kappa shape index (κ2) is 7.83. The van der Waals surface area contributed by atoms with E-state index in [1.165, 1.54) is 6.07 Å². The van der Waals surface area contributed by atoms with Crippen molar-refractivity contribution < 1.29 is 37.1 Å². The van der Waals surface area contributed by atoms with Crippen molar-refractivity contribution in [2.75, 3.05) is 0 Å². The number of hydrogen-bond acceptors (Lipinski definition) is 2. The van der Waals surface area contributed by atoms with Gasteiger partial charge >= 0.3 is 0 Å². The number of pyridine rings is 2. The Morgan fingerprint density at radius 2 is 1.93 bits per heavy atom. The van der Waals surface area contributed by atoms with Gasteiger partial charge in [0.05, 0.1) is 0 Å². The Morgan fingerprint density at radius 1 is 1.27 bits per heavy atom. The number of rotatable bonds is 0. The zero-order chi connectivity index (χ0) is 10.4. The first-order valence-corrected chi connectivity index (χ1v) is 4.31. The molecule has 0 fully saturated rings. The number of hydrogen-bond donors (Lipinski definition) is 0. The molecule has 0 N–H and O–H groups in total. The molecule has 0 saturated carbocycles. The number of aromatic nitrogens is 2. The summed E-state index contributed by atoms with van der Waals surface area (Å²) in [7, 11) is 0. The van der Waals surface area contributed by atoms with Crippen molar-refractivity contribution >= 4 is 11.0 Å². The Bertz CT molecular complexity index is 406. The molecule has 0 amide bonds. The average Bonchev–Trinajstić information content (AvgIpc) is 2.19. The largest absolute Gasteiger partial charge is 0.369 e. The van der Waals surface area contributed by atoms with Crippen molar-refractivity contribution in [2.24, 2.45) is 0 Å². The standard InChI is InChI=1S/C8H4FN2.C3H7.Y/c9-7-4-3-6-2-1-5-10-8(6)11-7;1-3-2;/h1-4H;3H,1-2H3;/q2*-1;. The van der Waals surface area contributed by atoms with Gasteiger partial charge in [-0.15, -0.1) is 0 Å². The fourth-order valence-corrected chi connectivity index (χ4v) is 0.881. The molecule has 15 heavy (non-hydrogen) atoms. The van der Waals surface area contributed by atoms with Gasteiger partial charge < -0.3 is 11.4 Å². The van der Waals surface area contributed by atoms with E-state index in [-0.39, 0.29) is 32.7 Å². The van der Waals surface area contributed by atoms with Crippen molar-refractivity contribution in [1.29, 1.82) is 0 Å². The van der Waals surface area contributed by atoms with E-state index in [4.69, 9.17) is 0 Å². The molecule has 0 atom stereocenters. The van der Waals surface area contributed by atoms with E-state index in [0.717, 1.165) is 5.39 Å². The minimum atomic E-state index is -0.510. The van der Waals surface area contributed by atoms with Gasteiger partial charge in [-0.3, -0.25) is 4.98 Å². The monoisotopic (exact) mass is 279 g/mol. The van der Waals surface area contributed by atoms with Gasteiger partial charge in [0.1, 0.15) is 0 Å². The summed E-state index contributed by atoms with van der Waals surface area (Å²) in [5.74, 6) is -0.510. The van der Waals surface area contributed by atoms with Crippen LogP contribution in [0.5, 0.6) is 0 Å². The molecule has 0 aromatic carbocycles. The third-order valence-electron chi connectivity index (χ3n) is 1.38. The first-order chi connectivity index (χ1) is 6.77. The molecule has 2 heterocycles. The van der Waals surface area contributed by atoms with E-state index in [0.29, 0.717) is 5.65 Å². The minimum absolute atomic E-state index is 0. The molecule has 0 saturated heterocycles. The first-order valence-electron chi connectivity index (χ1n) is 4.31. The molecule has 0 spiro atoms. The van der Waals surface area contributed by atoms with Gasteiger partial charge in [-0.1, -0.05) is 17.6 Å². The SMILES string of the molecule is C[CH-]C.Fc1ccc2cc[c-]nc2n1.[Y]. The Morgan fingerprint density at radius 3 is 2.60 bits per heavy atom. The van der Waals surface area contributed by atoms with Gasteiger partial charge in [-0.25, -0.2) is 0 Å². The van der Waals surface area contributed by atoms with Crippen LogP contribution in [0.1, 0.15) is 13.8 Å².